The van der Waals surface area contributed by atoms with E-state index in [1.54, 1.807) is 19.3 Å². The van der Waals surface area contributed by atoms with Gasteiger partial charge < -0.3 is 5.32 Å². The lowest BCUT2D eigenvalue weighted by Crippen LogP contribution is -2.15. The summed E-state index contributed by atoms with van der Waals surface area (Å²) < 4.78 is 0. The minimum atomic E-state index is -0.803. The van der Waals surface area contributed by atoms with Gasteiger partial charge in [0.15, 0.2) is 0 Å². The molecular formula is C10H10N6O3. The van der Waals surface area contributed by atoms with Gasteiger partial charge >= 0.3 is 11.2 Å². The molecule has 0 aliphatic carbocycles. The Morgan fingerprint density at radius 2 is 2.00 bits per heavy atom. The van der Waals surface area contributed by atoms with E-state index in [0.717, 1.165) is 11.8 Å². The van der Waals surface area contributed by atoms with Crippen LogP contribution in [0.3, 0.4) is 0 Å². The highest BCUT2D eigenvalue weighted by atomic mass is 16.6. The van der Waals surface area contributed by atoms with Crippen LogP contribution in [-0.4, -0.2) is 24.9 Å². The number of aryl methyl sites for hydroxylation is 1. The lowest BCUT2D eigenvalue weighted by Gasteiger charge is -2.04. The van der Waals surface area contributed by atoms with Gasteiger partial charge in [-0.25, -0.2) is 15.0 Å². The Balaban J connectivity index is 2.08. The highest BCUT2D eigenvalue weighted by Gasteiger charge is 2.12. The predicted octanol–water partition coefficient (Wildman–Crippen LogP) is 0.389. The van der Waals surface area contributed by atoms with Crippen LogP contribution in [0, 0.1) is 17.0 Å². The summed E-state index contributed by atoms with van der Waals surface area (Å²) in [6.45, 7) is 2.12. The van der Waals surface area contributed by atoms with Crippen LogP contribution in [0.5, 0.6) is 0 Å². The number of rotatable bonds is 4. The Hall–Kier alpha value is -2.84. The predicted molar refractivity (Wildman–Crippen MR) is 65.6 cm³/mol. The molecule has 0 spiro atoms. The quantitative estimate of drug-likeness (QED) is 0.602. The molecule has 9 nitrogen and oxygen atoms in total. The number of hydrogen-bond donors (Lipinski definition) is 2. The average molecular weight is 262 g/mol. The van der Waals surface area contributed by atoms with Crippen molar-refractivity contribution in [1.82, 2.24) is 19.9 Å². The van der Waals surface area contributed by atoms with E-state index < -0.39 is 16.2 Å². The van der Waals surface area contributed by atoms with E-state index in [0.29, 0.717) is 12.4 Å². The monoisotopic (exact) mass is 262 g/mol. The standard InChI is InChI=1S/C10H10N6O3/c1-6-11-2-7(3-12-6)4-13-10-14-5-8(16(18)19)9(17)15-10/h2-3,5H,4H2,1H3,(H2,13,14,15,17). The first-order valence-electron chi connectivity index (χ1n) is 5.31. The normalized spacial score (nSPS) is 10.2. The van der Waals surface area contributed by atoms with Gasteiger partial charge in [0.05, 0.1) is 4.92 Å². The van der Waals surface area contributed by atoms with Crippen LogP contribution < -0.4 is 10.9 Å². The van der Waals surface area contributed by atoms with Crippen molar-refractivity contribution in [1.29, 1.82) is 0 Å². The van der Waals surface area contributed by atoms with Gasteiger partial charge in [0.25, 0.3) is 0 Å². The summed E-state index contributed by atoms with van der Waals surface area (Å²) in [5, 5.41) is 13.3. The van der Waals surface area contributed by atoms with Crippen molar-refractivity contribution in [2.75, 3.05) is 5.32 Å². The summed E-state index contributed by atoms with van der Waals surface area (Å²) in [5.74, 6) is 0.807. The molecule has 19 heavy (non-hydrogen) atoms. The second kappa shape index (κ2) is 5.21. The number of nitrogens with zero attached hydrogens (tertiary/aromatic N) is 4. The summed E-state index contributed by atoms with van der Waals surface area (Å²) in [6.07, 6.45) is 4.18. The average Bonchev–Trinajstić information content (AvgIpc) is 2.37. The molecule has 0 amide bonds. The van der Waals surface area contributed by atoms with Gasteiger partial charge in [0.1, 0.15) is 12.0 Å². The summed E-state index contributed by atoms with van der Waals surface area (Å²) in [4.78, 5) is 35.1. The SMILES string of the molecule is Cc1ncc(CNc2ncc([N+](=O)[O-])c(=O)[nH]2)cn1. The zero-order chi connectivity index (χ0) is 13.8. The van der Waals surface area contributed by atoms with E-state index in [2.05, 4.69) is 25.3 Å². The molecular weight excluding hydrogens is 252 g/mol. The number of aromatic nitrogens is 4. The second-order valence-corrected chi connectivity index (χ2v) is 3.70. The third-order valence-electron chi connectivity index (χ3n) is 2.27. The van der Waals surface area contributed by atoms with Gasteiger partial charge in [-0.3, -0.25) is 19.9 Å². The largest absolute Gasteiger partial charge is 0.352 e. The number of hydrogen-bond acceptors (Lipinski definition) is 7. The van der Waals surface area contributed by atoms with Crippen LogP contribution in [0.4, 0.5) is 11.6 Å². The van der Waals surface area contributed by atoms with Crippen molar-refractivity contribution >= 4 is 11.6 Å². The minimum Gasteiger partial charge on any atom is -0.352 e. The molecule has 2 N–H and O–H groups in total. The molecule has 0 aliphatic rings. The molecule has 0 saturated heterocycles. The van der Waals surface area contributed by atoms with Crippen molar-refractivity contribution in [3.05, 3.63) is 50.4 Å². The zero-order valence-corrected chi connectivity index (χ0v) is 9.95. The summed E-state index contributed by atoms with van der Waals surface area (Å²) in [7, 11) is 0. The maximum absolute atomic E-state index is 11.3. The number of H-pyrrole nitrogens is 1. The fourth-order valence-electron chi connectivity index (χ4n) is 1.30. The number of nitro groups is 1. The molecule has 9 heteroatoms. The second-order valence-electron chi connectivity index (χ2n) is 3.70. The zero-order valence-electron chi connectivity index (χ0n) is 9.95. The number of aromatic amines is 1. The highest BCUT2D eigenvalue weighted by molar-refractivity contribution is 5.31. The van der Waals surface area contributed by atoms with Crippen LogP contribution in [0.25, 0.3) is 0 Å². The Kier molecular flexibility index (Phi) is 3.46. The summed E-state index contributed by atoms with van der Waals surface area (Å²) in [6, 6.07) is 0. The molecule has 2 aromatic heterocycles. The molecule has 2 rings (SSSR count). The Bertz CT molecular complexity index is 651. The summed E-state index contributed by atoms with van der Waals surface area (Å²) >= 11 is 0. The maximum Gasteiger partial charge on any atom is 0.352 e. The van der Waals surface area contributed by atoms with Crippen LogP contribution in [0.15, 0.2) is 23.4 Å². The van der Waals surface area contributed by atoms with Crippen molar-refractivity contribution in [2.24, 2.45) is 0 Å². The molecule has 2 aromatic rings. The topological polar surface area (TPSA) is 127 Å². The van der Waals surface area contributed by atoms with Crippen molar-refractivity contribution in [3.8, 4) is 0 Å². The first kappa shape index (κ1) is 12.6. The van der Waals surface area contributed by atoms with E-state index in [1.807, 2.05) is 0 Å². The van der Waals surface area contributed by atoms with Gasteiger partial charge in [-0.1, -0.05) is 0 Å². The molecule has 0 saturated carbocycles. The molecule has 0 unspecified atom stereocenters. The van der Waals surface area contributed by atoms with E-state index in [9.17, 15) is 14.9 Å². The number of anilines is 1. The van der Waals surface area contributed by atoms with Crippen LogP contribution in [0.2, 0.25) is 0 Å². The van der Waals surface area contributed by atoms with Gasteiger partial charge in [-0.15, -0.1) is 0 Å². The smallest absolute Gasteiger partial charge is 0.352 e. The molecule has 0 aliphatic heterocycles. The molecule has 0 fully saturated rings. The Morgan fingerprint density at radius 3 is 2.58 bits per heavy atom. The molecule has 0 radical (unpaired) electrons. The third-order valence-corrected chi connectivity index (χ3v) is 2.27. The van der Waals surface area contributed by atoms with Crippen LogP contribution in [-0.2, 0) is 6.54 Å². The lowest BCUT2D eigenvalue weighted by molar-refractivity contribution is -0.386. The minimum absolute atomic E-state index is 0.149. The first-order chi connectivity index (χ1) is 9.06. The lowest BCUT2D eigenvalue weighted by atomic mass is 10.3. The molecule has 0 atom stereocenters. The molecule has 0 bridgehead atoms. The Labute approximate surface area is 106 Å². The van der Waals surface area contributed by atoms with Crippen LogP contribution in [0.1, 0.15) is 11.4 Å². The van der Waals surface area contributed by atoms with E-state index in [1.165, 1.54) is 0 Å². The first-order valence-corrected chi connectivity index (χ1v) is 5.31. The maximum atomic E-state index is 11.3. The van der Waals surface area contributed by atoms with Crippen molar-refractivity contribution in [2.45, 2.75) is 13.5 Å². The molecule has 98 valence electrons. The van der Waals surface area contributed by atoms with Crippen molar-refractivity contribution < 1.29 is 4.92 Å². The fraction of sp³-hybridized carbons (Fsp3) is 0.200. The van der Waals surface area contributed by atoms with Gasteiger partial charge in [-0.05, 0) is 6.92 Å². The fourth-order valence-corrected chi connectivity index (χ4v) is 1.30. The van der Waals surface area contributed by atoms with Crippen LogP contribution >= 0.6 is 0 Å². The Morgan fingerprint density at radius 1 is 1.32 bits per heavy atom. The van der Waals surface area contributed by atoms with E-state index in [-0.39, 0.29) is 5.95 Å². The van der Waals surface area contributed by atoms with Crippen molar-refractivity contribution in [3.63, 3.8) is 0 Å². The van der Waals surface area contributed by atoms with Gasteiger partial charge in [-0.2, -0.15) is 0 Å². The third kappa shape index (κ3) is 3.09. The molecule has 0 aromatic carbocycles. The van der Waals surface area contributed by atoms with E-state index >= 15 is 0 Å². The number of nitrogens with one attached hydrogen (secondary N) is 2. The van der Waals surface area contributed by atoms with Gasteiger partial charge in [0, 0.05) is 24.5 Å². The van der Waals surface area contributed by atoms with Gasteiger partial charge in [0.2, 0.25) is 5.95 Å². The van der Waals surface area contributed by atoms with E-state index in [4.69, 9.17) is 0 Å². The molecule has 2 heterocycles. The summed E-state index contributed by atoms with van der Waals surface area (Å²) in [5.41, 5.74) is -0.599. The highest BCUT2D eigenvalue weighted by Crippen LogP contribution is 2.04.